The number of hydrogen-bond acceptors (Lipinski definition) is 9. The number of nitrogens with two attached hydrogens (primary N) is 2. The molecule has 15 nitrogen and oxygen atoms in total. The zero-order chi connectivity index (χ0) is 41.6. The molecule has 0 aromatic heterocycles. The lowest BCUT2D eigenvalue weighted by Crippen LogP contribution is -2.43. The van der Waals surface area contributed by atoms with Gasteiger partial charge in [0.25, 0.3) is 0 Å². The molecular formula is C33H39F6N7O8. The van der Waals surface area contributed by atoms with Gasteiger partial charge in [0.2, 0.25) is 11.8 Å². The summed E-state index contributed by atoms with van der Waals surface area (Å²) in [6.45, 7) is 7.56. The average Bonchev–Trinajstić information content (AvgIpc) is 3.55. The number of amides is 3. The molecule has 0 aliphatic carbocycles. The van der Waals surface area contributed by atoms with Gasteiger partial charge in [0.15, 0.2) is 0 Å². The fraction of sp³-hybridized carbons (Fsp3) is 0.424. The molecule has 3 amide bonds. The van der Waals surface area contributed by atoms with E-state index in [2.05, 4.69) is 11.4 Å². The predicted octanol–water partition coefficient (Wildman–Crippen LogP) is 3.48. The minimum atomic E-state index is -5.08. The largest absolute Gasteiger partial charge is 0.490 e. The molecule has 2 heterocycles. The molecule has 2 fully saturated rings. The minimum Gasteiger partial charge on any atom is -0.475 e. The van der Waals surface area contributed by atoms with Crippen molar-refractivity contribution in [3.8, 4) is 6.07 Å². The van der Waals surface area contributed by atoms with Crippen molar-refractivity contribution in [2.45, 2.75) is 76.7 Å². The number of amidine groups is 1. The molecule has 2 aromatic carbocycles. The third-order valence-corrected chi connectivity index (χ3v) is 6.85. The molecule has 2 atom stereocenters. The van der Waals surface area contributed by atoms with Crippen LogP contribution in [0.5, 0.6) is 0 Å². The molecule has 2 saturated heterocycles. The number of aliphatic carboxylic acids is 2. The Morgan fingerprint density at radius 1 is 0.889 bits per heavy atom. The van der Waals surface area contributed by atoms with Crippen LogP contribution in [0.3, 0.4) is 0 Å². The van der Waals surface area contributed by atoms with Crippen molar-refractivity contribution in [3.05, 3.63) is 70.8 Å². The molecule has 296 valence electrons. The van der Waals surface area contributed by atoms with Crippen LogP contribution in [0.4, 0.5) is 31.1 Å². The molecule has 2 aliphatic heterocycles. The van der Waals surface area contributed by atoms with Gasteiger partial charge in [0.1, 0.15) is 17.5 Å². The van der Waals surface area contributed by atoms with Gasteiger partial charge in [-0.2, -0.15) is 31.6 Å². The summed E-state index contributed by atoms with van der Waals surface area (Å²) in [5.41, 5.74) is 13.6. The van der Waals surface area contributed by atoms with Gasteiger partial charge in [-0.3, -0.25) is 15.0 Å². The zero-order valence-corrected chi connectivity index (χ0v) is 29.1. The highest BCUT2D eigenvalue weighted by molar-refractivity contribution is 5.95. The van der Waals surface area contributed by atoms with Crippen molar-refractivity contribution < 1.29 is 65.3 Å². The number of carbonyl (C=O) groups excluding carboxylic acids is 3. The summed E-state index contributed by atoms with van der Waals surface area (Å²) in [7, 11) is 0. The number of nitrogens with zero attached hydrogens (tertiary/aromatic N) is 3. The maximum absolute atomic E-state index is 12.4. The number of rotatable bonds is 6. The van der Waals surface area contributed by atoms with Crippen LogP contribution < -0.4 is 16.8 Å². The number of carboxylic acid groups (broad SMARTS) is 2. The van der Waals surface area contributed by atoms with Crippen LogP contribution >= 0.6 is 0 Å². The van der Waals surface area contributed by atoms with Crippen molar-refractivity contribution in [3.63, 3.8) is 0 Å². The van der Waals surface area contributed by atoms with E-state index in [1.54, 1.807) is 54.8 Å². The molecular weight excluding hydrogens is 736 g/mol. The van der Waals surface area contributed by atoms with Gasteiger partial charge < -0.3 is 41.5 Å². The van der Waals surface area contributed by atoms with Gasteiger partial charge in [0, 0.05) is 31.7 Å². The normalized spacial score (nSPS) is 16.7. The molecule has 4 rings (SSSR count). The lowest BCUT2D eigenvalue weighted by Gasteiger charge is -2.21. The smallest absolute Gasteiger partial charge is 0.475 e. The Morgan fingerprint density at radius 3 is 1.78 bits per heavy atom. The highest BCUT2D eigenvalue weighted by atomic mass is 19.4. The van der Waals surface area contributed by atoms with Crippen molar-refractivity contribution in [1.29, 1.82) is 10.7 Å². The quantitative estimate of drug-likeness (QED) is 0.141. The van der Waals surface area contributed by atoms with E-state index in [1.165, 1.54) is 0 Å². The molecule has 0 spiro atoms. The predicted molar refractivity (Wildman–Crippen MR) is 177 cm³/mol. The number of likely N-dealkylation sites (tertiary alicyclic amines) is 2. The molecule has 2 aliphatic rings. The Morgan fingerprint density at radius 2 is 1.35 bits per heavy atom. The lowest BCUT2D eigenvalue weighted by molar-refractivity contribution is -0.193. The van der Waals surface area contributed by atoms with Crippen molar-refractivity contribution in [2.24, 2.45) is 11.5 Å². The number of hydrogen-bond donors (Lipinski definition) is 6. The van der Waals surface area contributed by atoms with Crippen LogP contribution in [-0.2, 0) is 37.0 Å². The second kappa shape index (κ2) is 19.8. The maximum Gasteiger partial charge on any atom is 0.490 e. The second-order valence-electron chi connectivity index (χ2n) is 12.4. The standard InChI is InChI=1S/C17H21N3O3.C12H16N4O.2C2HF3O2/c1-17(2,3)23-16(22)19-14-7-8-20(15(14)21)11-13-6-4-5-12(9-13)10-18;13-10-4-5-16(12(10)17)7-8-2-1-3-9(6-8)11(14)15;2*3-2(4,5)1(6)7/h4-6,9,14H,7-8,11H2,1-3H3,(H,19,22);1-3,6,10H,4-5,7,13H2,(H3,14,15);2*(H,6,7)/t14-;10-;;/m00../s1. The van der Waals surface area contributed by atoms with Crippen LogP contribution in [-0.4, -0.2) is 98.8 Å². The number of alkyl halides is 6. The molecule has 2 aromatic rings. The van der Waals surface area contributed by atoms with Gasteiger partial charge in [-0.15, -0.1) is 0 Å². The highest BCUT2D eigenvalue weighted by Gasteiger charge is 2.39. The lowest BCUT2D eigenvalue weighted by atomic mass is 10.1. The fourth-order valence-corrected chi connectivity index (χ4v) is 4.42. The number of alkyl carbamates (subject to hydrolysis) is 1. The topological polar surface area (TPSA) is 253 Å². The van der Waals surface area contributed by atoms with E-state index < -0.39 is 42.0 Å². The monoisotopic (exact) mass is 775 g/mol. The van der Waals surface area contributed by atoms with E-state index in [1.807, 2.05) is 24.3 Å². The number of nitriles is 1. The average molecular weight is 776 g/mol. The summed E-state index contributed by atoms with van der Waals surface area (Å²) in [5.74, 6) is -5.60. The number of halogens is 6. The first-order valence-electron chi connectivity index (χ1n) is 15.6. The zero-order valence-electron chi connectivity index (χ0n) is 29.1. The molecule has 21 heteroatoms. The van der Waals surface area contributed by atoms with Gasteiger partial charge in [0.05, 0.1) is 17.7 Å². The van der Waals surface area contributed by atoms with E-state index in [-0.39, 0.29) is 23.7 Å². The SMILES string of the molecule is CC(C)(C)OC(=O)N[C@H]1CCN(Cc2cccc(C#N)c2)C1=O.N=C(N)c1cccc(CN2CC[C@H](N)C2=O)c1.O=C(O)C(F)(F)F.O=C(O)C(F)(F)F. The first-order valence-corrected chi connectivity index (χ1v) is 15.6. The van der Waals surface area contributed by atoms with Gasteiger partial charge >= 0.3 is 30.4 Å². The first-order chi connectivity index (χ1) is 24.7. The summed E-state index contributed by atoms with van der Waals surface area (Å²) in [4.78, 5) is 57.0. The molecule has 54 heavy (non-hydrogen) atoms. The summed E-state index contributed by atoms with van der Waals surface area (Å²) in [6.07, 6.45) is -9.48. The Hall–Kier alpha value is -5.91. The second-order valence-corrected chi connectivity index (χ2v) is 12.4. The van der Waals surface area contributed by atoms with Crippen molar-refractivity contribution >= 4 is 35.7 Å². The van der Waals surface area contributed by atoms with Gasteiger partial charge in [-0.25, -0.2) is 14.4 Å². The van der Waals surface area contributed by atoms with Crippen LogP contribution in [0.2, 0.25) is 0 Å². The third-order valence-electron chi connectivity index (χ3n) is 6.85. The van der Waals surface area contributed by atoms with E-state index >= 15 is 0 Å². The van der Waals surface area contributed by atoms with E-state index in [0.29, 0.717) is 50.1 Å². The van der Waals surface area contributed by atoms with Gasteiger partial charge in [-0.1, -0.05) is 30.3 Å². The number of carbonyl (C=O) groups is 5. The summed E-state index contributed by atoms with van der Waals surface area (Å²) < 4.78 is 68.6. The van der Waals surface area contributed by atoms with E-state index in [4.69, 9.17) is 46.7 Å². The van der Waals surface area contributed by atoms with Crippen LogP contribution in [0.15, 0.2) is 48.5 Å². The van der Waals surface area contributed by atoms with Crippen LogP contribution in [0.25, 0.3) is 0 Å². The van der Waals surface area contributed by atoms with E-state index in [9.17, 15) is 40.7 Å². The Bertz CT molecular complexity index is 1680. The maximum atomic E-state index is 12.4. The summed E-state index contributed by atoms with van der Waals surface area (Å²) in [6, 6.07) is 15.7. The van der Waals surface area contributed by atoms with E-state index in [0.717, 1.165) is 11.1 Å². The van der Waals surface area contributed by atoms with Crippen LogP contribution in [0, 0.1) is 16.7 Å². The molecule has 0 saturated carbocycles. The number of ether oxygens (including phenoxy) is 1. The van der Waals surface area contributed by atoms with Crippen molar-refractivity contribution in [1.82, 2.24) is 15.1 Å². The Labute approximate surface area is 304 Å². The Kier molecular flexibility index (Phi) is 16.9. The molecule has 0 radical (unpaired) electrons. The van der Waals surface area contributed by atoms with Crippen molar-refractivity contribution in [2.75, 3.05) is 13.1 Å². The number of nitrogens with one attached hydrogen (secondary N) is 2. The summed E-state index contributed by atoms with van der Waals surface area (Å²) in [5, 5.41) is 33.2. The number of benzene rings is 2. The number of nitrogen functional groups attached to an aromatic ring is 1. The summed E-state index contributed by atoms with van der Waals surface area (Å²) >= 11 is 0. The Balaban J connectivity index is 0.000000409. The number of carboxylic acids is 2. The first kappa shape index (κ1) is 46.1. The fourth-order valence-electron chi connectivity index (χ4n) is 4.42. The minimum absolute atomic E-state index is 0.00164. The third kappa shape index (κ3) is 16.6. The van der Waals surface area contributed by atoms with Gasteiger partial charge in [-0.05, 0) is 62.9 Å². The molecule has 0 bridgehead atoms. The molecule has 0 unspecified atom stereocenters. The molecule has 8 N–H and O–H groups in total. The highest BCUT2D eigenvalue weighted by Crippen LogP contribution is 2.18. The van der Waals surface area contributed by atoms with Crippen LogP contribution in [0.1, 0.15) is 55.9 Å².